The average molecular weight is 361 g/mol. The molecule has 0 aliphatic carbocycles. The fourth-order valence-corrected chi connectivity index (χ4v) is 3.48. The number of H-pyrrole nitrogens is 1. The monoisotopic (exact) mass is 361 g/mol. The summed E-state index contributed by atoms with van der Waals surface area (Å²) >= 11 is 0. The molecule has 1 N–H and O–H groups in total. The Morgan fingerprint density at radius 3 is 2.70 bits per heavy atom. The molecule has 0 saturated carbocycles. The molecule has 1 aromatic heterocycles. The second-order valence-electron chi connectivity index (χ2n) is 7.03. The summed E-state index contributed by atoms with van der Waals surface area (Å²) in [4.78, 5) is 14.8. The lowest BCUT2D eigenvalue weighted by Gasteiger charge is -2.32. The van der Waals surface area contributed by atoms with Crippen LogP contribution >= 0.6 is 0 Å². The van der Waals surface area contributed by atoms with Crippen LogP contribution in [0.5, 0.6) is 11.6 Å². The SMILES string of the molecule is Cc1ccc(C(=O)N2CCC[C@H](c3cc(Oc4ccccc4)n[nH]3)C2)cc1. The van der Waals surface area contributed by atoms with Crippen LogP contribution in [0.25, 0.3) is 0 Å². The van der Waals surface area contributed by atoms with E-state index in [0.29, 0.717) is 12.4 Å². The largest absolute Gasteiger partial charge is 0.438 e. The molecule has 1 aliphatic rings. The summed E-state index contributed by atoms with van der Waals surface area (Å²) in [6, 6.07) is 19.3. The molecule has 1 fully saturated rings. The molecule has 0 unspecified atom stereocenters. The number of para-hydroxylation sites is 1. The van der Waals surface area contributed by atoms with E-state index in [1.807, 2.05) is 72.5 Å². The predicted octanol–water partition coefficient (Wildman–Crippen LogP) is 4.53. The van der Waals surface area contributed by atoms with Crippen LogP contribution in [0.2, 0.25) is 0 Å². The number of benzene rings is 2. The number of amides is 1. The number of hydrogen-bond donors (Lipinski definition) is 1. The highest BCUT2D eigenvalue weighted by atomic mass is 16.5. The maximum atomic E-state index is 12.8. The number of rotatable bonds is 4. The molecule has 138 valence electrons. The van der Waals surface area contributed by atoms with Gasteiger partial charge in [-0.25, -0.2) is 0 Å². The molecule has 5 nitrogen and oxygen atoms in total. The standard InChI is InChI=1S/C22H23N3O2/c1-16-9-11-17(12-10-16)22(26)25-13-5-6-18(15-25)20-14-21(24-23-20)27-19-7-3-2-4-8-19/h2-4,7-12,14,18H,5-6,13,15H2,1H3,(H,23,24)/t18-/m0/s1. The van der Waals surface area contributed by atoms with Gasteiger partial charge in [-0.05, 0) is 44.0 Å². The topological polar surface area (TPSA) is 58.2 Å². The number of ether oxygens (including phenoxy) is 1. The molecule has 2 aromatic carbocycles. The quantitative estimate of drug-likeness (QED) is 0.743. The lowest BCUT2D eigenvalue weighted by Crippen LogP contribution is -2.39. The Labute approximate surface area is 159 Å². The first kappa shape index (κ1) is 17.3. The van der Waals surface area contributed by atoms with Gasteiger partial charge in [-0.15, -0.1) is 5.10 Å². The van der Waals surface area contributed by atoms with Crippen molar-refractivity contribution < 1.29 is 9.53 Å². The number of aromatic nitrogens is 2. The minimum atomic E-state index is 0.0972. The maximum Gasteiger partial charge on any atom is 0.253 e. The fourth-order valence-electron chi connectivity index (χ4n) is 3.48. The number of nitrogens with one attached hydrogen (secondary N) is 1. The molecule has 0 spiro atoms. The number of hydrogen-bond acceptors (Lipinski definition) is 3. The van der Waals surface area contributed by atoms with Crippen LogP contribution in [-0.4, -0.2) is 34.1 Å². The highest BCUT2D eigenvalue weighted by Crippen LogP contribution is 2.29. The van der Waals surface area contributed by atoms with Crippen molar-refractivity contribution in [2.75, 3.05) is 13.1 Å². The number of nitrogens with zero attached hydrogens (tertiary/aromatic N) is 2. The van der Waals surface area contributed by atoms with E-state index >= 15 is 0 Å². The first-order valence-electron chi connectivity index (χ1n) is 9.33. The van der Waals surface area contributed by atoms with Crippen molar-refractivity contribution in [2.24, 2.45) is 0 Å². The minimum Gasteiger partial charge on any atom is -0.438 e. The van der Waals surface area contributed by atoms with Gasteiger partial charge < -0.3 is 9.64 Å². The van der Waals surface area contributed by atoms with Crippen LogP contribution in [0.15, 0.2) is 60.7 Å². The number of carbonyl (C=O) groups excluding carboxylic acids is 1. The summed E-state index contributed by atoms with van der Waals surface area (Å²) in [7, 11) is 0. The van der Waals surface area contributed by atoms with Crippen molar-refractivity contribution in [1.29, 1.82) is 0 Å². The summed E-state index contributed by atoms with van der Waals surface area (Å²) in [5, 5.41) is 7.36. The van der Waals surface area contributed by atoms with Gasteiger partial charge in [-0.3, -0.25) is 9.89 Å². The minimum absolute atomic E-state index is 0.0972. The van der Waals surface area contributed by atoms with Gasteiger partial charge in [0.1, 0.15) is 5.75 Å². The molecule has 5 heteroatoms. The number of likely N-dealkylation sites (tertiary alicyclic amines) is 1. The Kier molecular flexibility index (Phi) is 4.92. The van der Waals surface area contributed by atoms with Crippen LogP contribution in [-0.2, 0) is 0 Å². The van der Waals surface area contributed by atoms with Crippen LogP contribution in [0.1, 0.15) is 40.4 Å². The molecule has 27 heavy (non-hydrogen) atoms. The van der Waals surface area contributed by atoms with Gasteiger partial charge in [-0.2, -0.15) is 0 Å². The molecule has 1 atom stereocenters. The van der Waals surface area contributed by atoms with Crippen LogP contribution in [0.3, 0.4) is 0 Å². The smallest absolute Gasteiger partial charge is 0.253 e. The van der Waals surface area contributed by atoms with Crippen LogP contribution in [0, 0.1) is 6.92 Å². The third-order valence-electron chi connectivity index (χ3n) is 4.99. The van der Waals surface area contributed by atoms with Crippen LogP contribution in [0.4, 0.5) is 0 Å². The third-order valence-corrected chi connectivity index (χ3v) is 4.99. The predicted molar refractivity (Wildman–Crippen MR) is 104 cm³/mol. The Bertz CT molecular complexity index is 903. The van der Waals surface area contributed by atoms with Gasteiger partial charge in [0.15, 0.2) is 0 Å². The van der Waals surface area contributed by atoms with Gasteiger partial charge in [0.25, 0.3) is 5.91 Å². The normalized spacial score (nSPS) is 16.9. The van der Waals surface area contributed by atoms with Gasteiger partial charge in [0.05, 0.1) is 0 Å². The summed E-state index contributed by atoms with van der Waals surface area (Å²) in [6.07, 6.45) is 2.01. The van der Waals surface area contributed by atoms with Gasteiger partial charge in [0.2, 0.25) is 5.88 Å². The summed E-state index contributed by atoms with van der Waals surface area (Å²) in [6.45, 7) is 3.52. The Morgan fingerprint density at radius 2 is 1.93 bits per heavy atom. The van der Waals surface area contributed by atoms with Crippen molar-refractivity contribution >= 4 is 5.91 Å². The van der Waals surface area contributed by atoms with E-state index in [4.69, 9.17) is 4.74 Å². The molecule has 0 bridgehead atoms. The molecular weight excluding hydrogens is 338 g/mol. The molecule has 2 heterocycles. The first-order chi connectivity index (χ1) is 13.2. The Morgan fingerprint density at radius 1 is 1.15 bits per heavy atom. The summed E-state index contributed by atoms with van der Waals surface area (Å²) in [5.74, 6) is 1.65. The molecule has 0 radical (unpaired) electrons. The Balaban J connectivity index is 1.44. The Hall–Kier alpha value is -3.08. The number of aromatic amines is 1. The van der Waals surface area contributed by atoms with Crippen molar-refractivity contribution in [1.82, 2.24) is 15.1 Å². The van der Waals surface area contributed by atoms with E-state index < -0.39 is 0 Å². The zero-order valence-corrected chi connectivity index (χ0v) is 15.4. The zero-order chi connectivity index (χ0) is 18.6. The molecular formula is C22H23N3O2. The van der Waals surface area contributed by atoms with Gasteiger partial charge in [0, 0.05) is 36.3 Å². The molecule has 1 saturated heterocycles. The summed E-state index contributed by atoms with van der Waals surface area (Å²) in [5.41, 5.74) is 2.92. The van der Waals surface area contributed by atoms with Gasteiger partial charge in [-0.1, -0.05) is 35.9 Å². The van der Waals surface area contributed by atoms with E-state index in [2.05, 4.69) is 10.2 Å². The number of aryl methyl sites for hydroxylation is 1. The van der Waals surface area contributed by atoms with E-state index in [1.54, 1.807) is 0 Å². The van der Waals surface area contributed by atoms with Crippen molar-refractivity contribution in [3.05, 3.63) is 77.5 Å². The fraction of sp³-hybridized carbons (Fsp3) is 0.273. The highest BCUT2D eigenvalue weighted by molar-refractivity contribution is 5.94. The third kappa shape index (κ3) is 4.03. The molecule has 3 aromatic rings. The molecule has 1 aliphatic heterocycles. The van der Waals surface area contributed by atoms with E-state index in [1.165, 1.54) is 0 Å². The second kappa shape index (κ2) is 7.66. The lowest BCUT2D eigenvalue weighted by molar-refractivity contribution is 0.0706. The number of piperidine rings is 1. The average Bonchev–Trinajstić information content (AvgIpc) is 3.17. The van der Waals surface area contributed by atoms with Gasteiger partial charge >= 0.3 is 0 Å². The van der Waals surface area contributed by atoms with Crippen LogP contribution < -0.4 is 4.74 Å². The zero-order valence-electron chi connectivity index (χ0n) is 15.4. The highest BCUT2D eigenvalue weighted by Gasteiger charge is 2.27. The van der Waals surface area contributed by atoms with E-state index in [9.17, 15) is 4.79 Å². The molecule has 4 rings (SSSR count). The van der Waals surface area contributed by atoms with E-state index in [-0.39, 0.29) is 11.8 Å². The van der Waals surface area contributed by atoms with Crippen molar-refractivity contribution in [2.45, 2.75) is 25.7 Å². The summed E-state index contributed by atoms with van der Waals surface area (Å²) < 4.78 is 5.78. The maximum absolute atomic E-state index is 12.8. The van der Waals surface area contributed by atoms with Crippen molar-refractivity contribution in [3.63, 3.8) is 0 Å². The molecule has 1 amide bonds. The number of carbonyl (C=O) groups is 1. The second-order valence-corrected chi connectivity index (χ2v) is 7.03. The lowest BCUT2D eigenvalue weighted by atomic mass is 9.94. The van der Waals surface area contributed by atoms with Crippen molar-refractivity contribution in [3.8, 4) is 11.6 Å². The first-order valence-corrected chi connectivity index (χ1v) is 9.33. The van der Waals surface area contributed by atoms with E-state index in [0.717, 1.165) is 42.0 Å².